The first-order valence-electron chi connectivity index (χ1n) is 4.88. The molecule has 0 radical (unpaired) electrons. The Bertz CT molecular complexity index is 310. The summed E-state index contributed by atoms with van der Waals surface area (Å²) in [6.07, 6.45) is 1.45. The third kappa shape index (κ3) is 15.1. The Morgan fingerprint density at radius 2 is 2.18 bits per heavy atom. The normalized spacial score (nSPS) is 12.6. The van der Waals surface area contributed by atoms with Crippen LogP contribution in [0.15, 0.2) is 0 Å². The van der Waals surface area contributed by atoms with Gasteiger partial charge in [-0.25, -0.2) is 8.42 Å². The van der Waals surface area contributed by atoms with Crippen LogP contribution in [-0.2, 0) is 14.6 Å². The second-order valence-electron chi connectivity index (χ2n) is 3.17. The Labute approximate surface area is 135 Å². The molecule has 9 heteroatoms. The van der Waals surface area contributed by atoms with Crippen LogP contribution in [0.25, 0.3) is 0 Å². The molecule has 17 heavy (non-hydrogen) atoms. The van der Waals surface area contributed by atoms with Crippen LogP contribution < -0.4 is 34.9 Å². The minimum absolute atomic E-state index is 0. The maximum Gasteiger partial charge on any atom is 1.00 e. The van der Waals surface area contributed by atoms with E-state index in [1.54, 1.807) is 0 Å². The molecule has 0 aromatic rings. The maximum absolute atomic E-state index is 10.1. The predicted octanol–water partition coefficient (Wildman–Crippen LogP) is -1.74. The fourth-order valence-electron chi connectivity index (χ4n) is 0.730. The summed E-state index contributed by atoms with van der Waals surface area (Å²) in [5, 5.41) is 3.11. The van der Waals surface area contributed by atoms with Crippen molar-refractivity contribution in [1.29, 1.82) is 0 Å². The van der Waals surface area contributed by atoms with Crippen molar-refractivity contribution < 1.29 is 46.7 Å². The first-order valence-corrected chi connectivity index (χ1v) is 7.61. The van der Waals surface area contributed by atoms with Gasteiger partial charge in [0.2, 0.25) is 10.4 Å². The number of thiocarbonyl (C=S) groups is 1. The van der Waals surface area contributed by atoms with Gasteiger partial charge in [0.15, 0.2) is 0 Å². The van der Waals surface area contributed by atoms with Crippen molar-refractivity contribution >= 4 is 38.7 Å². The number of thioether (sulfide) groups is 1. The Morgan fingerprint density at radius 1 is 1.59 bits per heavy atom. The van der Waals surface area contributed by atoms with Crippen molar-refractivity contribution in [2.75, 3.05) is 12.4 Å². The summed E-state index contributed by atoms with van der Waals surface area (Å²) in [6.45, 7) is 3.99. The maximum atomic E-state index is 10.1. The molecular weight excluding hydrogens is 293 g/mol. The number of hydrogen-bond donors (Lipinski definition) is 1. The van der Waals surface area contributed by atoms with Crippen LogP contribution >= 0.6 is 24.0 Å². The second kappa shape index (κ2) is 11.0. The molecule has 0 aliphatic rings. The molecule has 1 unspecified atom stereocenters. The van der Waals surface area contributed by atoms with Crippen molar-refractivity contribution in [3.05, 3.63) is 0 Å². The molecular formula is C8H16NNaO4S3. The smallest absolute Gasteiger partial charge is 0.726 e. The van der Waals surface area contributed by atoms with Crippen LogP contribution in [0.3, 0.4) is 0 Å². The molecule has 0 aromatic heterocycles. The molecule has 1 N–H and O–H groups in total. The summed E-state index contributed by atoms with van der Waals surface area (Å²) in [4.78, 5) is 0. The molecule has 0 aliphatic heterocycles. The third-order valence-electron chi connectivity index (χ3n) is 1.73. The molecule has 1 atom stereocenters. The summed E-state index contributed by atoms with van der Waals surface area (Å²) in [6, 6.07) is 0.332. The standard InChI is InChI=1S/C8H17NO4S3.Na/c1-3-7(2)9-8(14)15-6-4-5-13-16(10,11)12;/h7H,3-6H2,1-2H3,(H,9,14)(H,10,11,12);/q;+1/p-1. The third-order valence-corrected chi connectivity index (χ3v) is 3.53. The monoisotopic (exact) mass is 309 g/mol. The summed E-state index contributed by atoms with van der Waals surface area (Å²) in [7, 11) is -4.56. The topological polar surface area (TPSA) is 78.5 Å². The molecule has 0 spiro atoms. The van der Waals surface area contributed by atoms with Gasteiger partial charge < -0.3 is 9.87 Å². The molecule has 0 rings (SSSR count). The molecule has 0 fully saturated rings. The summed E-state index contributed by atoms with van der Waals surface area (Å²) in [5.74, 6) is 0.623. The van der Waals surface area contributed by atoms with E-state index < -0.39 is 10.4 Å². The van der Waals surface area contributed by atoms with Crippen LogP contribution in [0.1, 0.15) is 26.7 Å². The Morgan fingerprint density at radius 3 is 2.65 bits per heavy atom. The largest absolute Gasteiger partial charge is 1.00 e. The van der Waals surface area contributed by atoms with E-state index in [2.05, 4.69) is 16.4 Å². The Hall–Kier alpha value is 1.11. The molecule has 0 saturated carbocycles. The SMILES string of the molecule is CCC(C)NC(=S)SCCCOS(=O)(=O)[O-].[Na+]. The first-order chi connectivity index (χ1) is 7.35. The molecule has 0 bridgehead atoms. The van der Waals surface area contributed by atoms with E-state index in [1.807, 2.05) is 6.92 Å². The van der Waals surface area contributed by atoms with Gasteiger partial charge in [-0.2, -0.15) is 0 Å². The molecule has 5 nitrogen and oxygen atoms in total. The van der Waals surface area contributed by atoms with Crippen molar-refractivity contribution in [1.82, 2.24) is 5.32 Å². The van der Waals surface area contributed by atoms with Gasteiger partial charge in [0, 0.05) is 11.8 Å². The molecule has 0 aromatic carbocycles. The van der Waals surface area contributed by atoms with E-state index in [9.17, 15) is 13.0 Å². The minimum atomic E-state index is -4.56. The zero-order valence-electron chi connectivity index (χ0n) is 10.3. The van der Waals surface area contributed by atoms with E-state index >= 15 is 0 Å². The van der Waals surface area contributed by atoms with Crippen molar-refractivity contribution in [2.45, 2.75) is 32.7 Å². The van der Waals surface area contributed by atoms with E-state index in [0.29, 0.717) is 22.5 Å². The quantitative estimate of drug-likeness (QED) is 0.197. The van der Waals surface area contributed by atoms with E-state index in [4.69, 9.17) is 12.2 Å². The number of hydrogen-bond acceptors (Lipinski definition) is 6. The van der Waals surface area contributed by atoms with Gasteiger partial charge in [0.25, 0.3) is 0 Å². The van der Waals surface area contributed by atoms with Crippen LogP contribution in [0.5, 0.6) is 0 Å². The summed E-state index contributed by atoms with van der Waals surface area (Å²) < 4.78 is 35.0. The fraction of sp³-hybridized carbons (Fsp3) is 0.875. The molecule has 0 amide bonds. The van der Waals surface area contributed by atoms with Crippen molar-refractivity contribution in [3.8, 4) is 0 Å². The Balaban J connectivity index is 0. The van der Waals surface area contributed by atoms with Gasteiger partial charge in [-0.1, -0.05) is 30.9 Å². The van der Waals surface area contributed by atoms with E-state index in [0.717, 1.165) is 6.42 Å². The molecule has 0 aliphatic carbocycles. The minimum Gasteiger partial charge on any atom is -0.726 e. The number of nitrogens with one attached hydrogen (secondary N) is 1. The van der Waals surface area contributed by atoms with Gasteiger partial charge in [0.1, 0.15) is 4.32 Å². The van der Waals surface area contributed by atoms with Crippen LogP contribution in [0.2, 0.25) is 0 Å². The average Bonchev–Trinajstić information content (AvgIpc) is 2.15. The van der Waals surface area contributed by atoms with E-state index in [1.165, 1.54) is 11.8 Å². The van der Waals surface area contributed by atoms with Gasteiger partial charge >= 0.3 is 29.6 Å². The average molecular weight is 309 g/mol. The van der Waals surface area contributed by atoms with Gasteiger partial charge in [0.05, 0.1) is 6.61 Å². The van der Waals surface area contributed by atoms with Crippen LogP contribution in [0.4, 0.5) is 0 Å². The van der Waals surface area contributed by atoms with Gasteiger partial charge in [-0.05, 0) is 19.8 Å². The Kier molecular flexibility index (Phi) is 13.2. The van der Waals surface area contributed by atoms with Gasteiger partial charge in [-0.3, -0.25) is 4.18 Å². The van der Waals surface area contributed by atoms with Crippen molar-refractivity contribution in [2.24, 2.45) is 0 Å². The zero-order valence-corrected chi connectivity index (χ0v) is 14.7. The molecule has 96 valence electrons. The molecule has 0 heterocycles. The summed E-state index contributed by atoms with van der Waals surface area (Å²) in [5.41, 5.74) is 0. The van der Waals surface area contributed by atoms with Crippen molar-refractivity contribution in [3.63, 3.8) is 0 Å². The zero-order chi connectivity index (χ0) is 12.6. The van der Waals surface area contributed by atoms with Crippen LogP contribution in [0, 0.1) is 0 Å². The number of rotatable bonds is 7. The predicted molar refractivity (Wildman–Crippen MR) is 68.2 cm³/mol. The second-order valence-corrected chi connectivity index (χ2v) is 6.00. The molecule has 0 saturated heterocycles. The van der Waals surface area contributed by atoms with E-state index in [-0.39, 0.29) is 36.2 Å². The van der Waals surface area contributed by atoms with Crippen LogP contribution in [-0.4, -0.2) is 35.7 Å². The fourth-order valence-corrected chi connectivity index (χ4v) is 2.23. The summed E-state index contributed by atoms with van der Waals surface area (Å²) >= 11 is 6.46. The van der Waals surface area contributed by atoms with Gasteiger partial charge in [-0.15, -0.1) is 0 Å². The first kappa shape index (κ1) is 20.4.